The molecule has 0 amide bonds. The smallest absolute Gasteiger partial charge is 0.346 e. The van der Waals surface area contributed by atoms with Crippen molar-refractivity contribution in [2.45, 2.75) is 26.0 Å². The Morgan fingerprint density at radius 1 is 1.29 bits per heavy atom. The molecule has 1 N–H and O–H groups in total. The van der Waals surface area contributed by atoms with Crippen LogP contribution in [-0.4, -0.2) is 25.2 Å². The summed E-state index contributed by atoms with van der Waals surface area (Å²) in [6, 6.07) is 7.22. The van der Waals surface area contributed by atoms with Gasteiger partial charge in [0.25, 0.3) is 0 Å². The van der Waals surface area contributed by atoms with Gasteiger partial charge in [0.1, 0.15) is 4.88 Å². The summed E-state index contributed by atoms with van der Waals surface area (Å²) in [5.74, 6) is -0.873. The Bertz CT molecular complexity index is 757. The summed E-state index contributed by atoms with van der Waals surface area (Å²) in [6.07, 6.45) is 0.590. The number of hydrogen-bond donors (Lipinski definition) is 1. The van der Waals surface area contributed by atoms with Gasteiger partial charge >= 0.3 is 5.97 Å². The Morgan fingerprint density at radius 2 is 1.95 bits per heavy atom. The number of carboxylic acid groups (broad SMARTS) is 1. The predicted octanol–water partition coefficient (Wildman–Crippen LogP) is 3.56. The first kappa shape index (κ1) is 16.0. The molecule has 0 saturated heterocycles. The molecule has 21 heavy (non-hydrogen) atoms. The molecule has 0 radical (unpaired) electrons. The van der Waals surface area contributed by atoms with Gasteiger partial charge in [-0.2, -0.15) is 0 Å². The van der Waals surface area contributed by atoms with Gasteiger partial charge < -0.3 is 5.11 Å². The number of hydrogen-bond acceptors (Lipinski definition) is 4. The van der Waals surface area contributed by atoms with Gasteiger partial charge in [-0.15, -0.1) is 11.3 Å². The quantitative estimate of drug-likeness (QED) is 0.881. The molecule has 0 saturated carbocycles. The monoisotopic (exact) mass is 326 g/mol. The number of rotatable bonds is 6. The maximum Gasteiger partial charge on any atom is 0.346 e. The second-order valence-corrected chi connectivity index (χ2v) is 8.72. The van der Waals surface area contributed by atoms with Crippen LogP contribution in [0.4, 0.5) is 0 Å². The minimum atomic E-state index is -3.30. The number of benzene rings is 1. The Labute approximate surface area is 128 Å². The van der Waals surface area contributed by atoms with Gasteiger partial charge in [-0.3, -0.25) is 0 Å². The standard InChI is InChI=1S/C15H18O4S2/c1-10(2)7-8-21(18,19)9-12-11-5-3-4-6-13(11)20-14(12)15(16)17/h3-6,10H,7-9H2,1-2H3,(H,16,17). The molecule has 1 heterocycles. The van der Waals surface area contributed by atoms with Crippen LogP contribution in [0.15, 0.2) is 24.3 Å². The Balaban J connectivity index is 2.41. The minimum Gasteiger partial charge on any atom is -0.477 e. The van der Waals surface area contributed by atoms with Gasteiger partial charge in [0.05, 0.1) is 11.5 Å². The summed E-state index contributed by atoms with van der Waals surface area (Å²) in [6.45, 7) is 3.94. The normalized spacial score (nSPS) is 12.1. The number of carbonyl (C=O) groups is 1. The molecular formula is C15H18O4S2. The molecule has 0 spiro atoms. The second kappa shape index (κ2) is 6.15. The van der Waals surface area contributed by atoms with Crippen molar-refractivity contribution < 1.29 is 18.3 Å². The summed E-state index contributed by atoms with van der Waals surface area (Å²) >= 11 is 1.13. The lowest BCUT2D eigenvalue weighted by Crippen LogP contribution is -2.12. The molecule has 0 bridgehead atoms. The van der Waals surface area contributed by atoms with Gasteiger partial charge in [-0.05, 0) is 23.8 Å². The summed E-state index contributed by atoms with van der Waals surface area (Å²) in [7, 11) is -3.30. The Hall–Kier alpha value is -1.40. The third kappa shape index (κ3) is 3.83. The van der Waals surface area contributed by atoms with E-state index >= 15 is 0 Å². The molecule has 4 nitrogen and oxygen atoms in total. The van der Waals surface area contributed by atoms with Gasteiger partial charge in [0.15, 0.2) is 9.84 Å². The molecule has 6 heteroatoms. The van der Waals surface area contributed by atoms with Crippen LogP contribution in [0.1, 0.15) is 35.5 Å². The van der Waals surface area contributed by atoms with Gasteiger partial charge in [-0.25, -0.2) is 13.2 Å². The average molecular weight is 326 g/mol. The molecule has 1 aromatic heterocycles. The molecule has 0 fully saturated rings. The van der Waals surface area contributed by atoms with E-state index in [0.29, 0.717) is 17.9 Å². The van der Waals surface area contributed by atoms with Crippen molar-refractivity contribution in [3.05, 3.63) is 34.7 Å². The molecule has 0 aliphatic heterocycles. The van der Waals surface area contributed by atoms with Gasteiger partial charge in [-0.1, -0.05) is 32.0 Å². The van der Waals surface area contributed by atoms with E-state index in [-0.39, 0.29) is 16.4 Å². The van der Waals surface area contributed by atoms with Crippen LogP contribution < -0.4 is 0 Å². The first-order valence-corrected chi connectivity index (χ1v) is 9.38. The zero-order valence-electron chi connectivity index (χ0n) is 12.0. The molecular weight excluding hydrogens is 308 g/mol. The third-order valence-corrected chi connectivity index (χ3v) is 6.05. The van der Waals surface area contributed by atoms with Crippen molar-refractivity contribution in [2.24, 2.45) is 5.92 Å². The highest BCUT2D eigenvalue weighted by atomic mass is 32.2. The maximum atomic E-state index is 12.2. The summed E-state index contributed by atoms with van der Waals surface area (Å²) in [5, 5.41) is 10.0. The highest BCUT2D eigenvalue weighted by Crippen LogP contribution is 2.32. The molecule has 2 rings (SSSR count). The van der Waals surface area contributed by atoms with Crippen molar-refractivity contribution in [3.8, 4) is 0 Å². The fourth-order valence-electron chi connectivity index (χ4n) is 2.12. The first-order chi connectivity index (χ1) is 9.80. The van der Waals surface area contributed by atoms with Crippen LogP contribution in [-0.2, 0) is 15.6 Å². The molecule has 0 unspecified atom stereocenters. The van der Waals surface area contributed by atoms with E-state index in [1.165, 1.54) is 0 Å². The average Bonchev–Trinajstić information content (AvgIpc) is 2.75. The molecule has 0 aliphatic rings. The predicted molar refractivity (Wildman–Crippen MR) is 85.7 cm³/mol. The molecule has 0 atom stereocenters. The van der Waals surface area contributed by atoms with Crippen LogP contribution in [0.2, 0.25) is 0 Å². The Kier molecular flexibility index (Phi) is 4.68. The first-order valence-electron chi connectivity index (χ1n) is 6.74. The summed E-state index contributed by atoms with van der Waals surface area (Å²) in [5.41, 5.74) is 0.423. The summed E-state index contributed by atoms with van der Waals surface area (Å²) in [4.78, 5) is 11.5. The van der Waals surface area contributed by atoms with Crippen LogP contribution in [0, 0.1) is 5.92 Å². The van der Waals surface area contributed by atoms with E-state index in [9.17, 15) is 18.3 Å². The highest BCUT2D eigenvalue weighted by molar-refractivity contribution is 7.90. The van der Waals surface area contributed by atoms with Crippen molar-refractivity contribution >= 4 is 37.2 Å². The van der Waals surface area contributed by atoms with Crippen LogP contribution in [0.25, 0.3) is 10.1 Å². The van der Waals surface area contributed by atoms with Crippen molar-refractivity contribution in [1.29, 1.82) is 0 Å². The zero-order chi connectivity index (χ0) is 15.6. The number of thiophene rings is 1. The maximum absolute atomic E-state index is 12.2. The number of carboxylic acids is 1. The highest BCUT2D eigenvalue weighted by Gasteiger charge is 2.22. The van der Waals surface area contributed by atoms with Gasteiger partial charge in [0, 0.05) is 10.3 Å². The number of sulfone groups is 1. The lowest BCUT2D eigenvalue weighted by atomic mass is 10.1. The van der Waals surface area contributed by atoms with E-state index in [2.05, 4.69) is 0 Å². The van der Waals surface area contributed by atoms with Crippen molar-refractivity contribution in [2.75, 3.05) is 5.75 Å². The van der Waals surface area contributed by atoms with E-state index in [1.54, 1.807) is 12.1 Å². The topological polar surface area (TPSA) is 71.4 Å². The van der Waals surface area contributed by atoms with Crippen molar-refractivity contribution in [3.63, 3.8) is 0 Å². The lowest BCUT2D eigenvalue weighted by molar-refractivity contribution is 0.0701. The summed E-state index contributed by atoms with van der Waals surface area (Å²) < 4.78 is 25.3. The Morgan fingerprint density at radius 3 is 2.57 bits per heavy atom. The van der Waals surface area contributed by atoms with E-state index in [1.807, 2.05) is 26.0 Å². The number of aromatic carboxylic acids is 1. The molecule has 1 aromatic carbocycles. The fraction of sp³-hybridized carbons (Fsp3) is 0.400. The largest absolute Gasteiger partial charge is 0.477 e. The van der Waals surface area contributed by atoms with E-state index in [4.69, 9.17) is 0 Å². The molecule has 2 aromatic rings. The third-order valence-electron chi connectivity index (χ3n) is 3.26. The van der Waals surface area contributed by atoms with Crippen LogP contribution >= 0.6 is 11.3 Å². The zero-order valence-corrected chi connectivity index (χ0v) is 13.6. The van der Waals surface area contributed by atoms with E-state index in [0.717, 1.165) is 21.4 Å². The SMILES string of the molecule is CC(C)CCS(=O)(=O)Cc1c(C(=O)O)sc2ccccc12. The minimum absolute atomic E-state index is 0.0912. The molecule has 0 aliphatic carbocycles. The number of fused-ring (bicyclic) bond motifs is 1. The van der Waals surface area contributed by atoms with Gasteiger partial charge in [0.2, 0.25) is 0 Å². The lowest BCUT2D eigenvalue weighted by Gasteiger charge is -2.07. The van der Waals surface area contributed by atoms with Crippen LogP contribution in [0.3, 0.4) is 0 Å². The molecule has 114 valence electrons. The van der Waals surface area contributed by atoms with Crippen LogP contribution in [0.5, 0.6) is 0 Å². The second-order valence-electron chi connectivity index (χ2n) is 5.49. The van der Waals surface area contributed by atoms with Crippen molar-refractivity contribution in [1.82, 2.24) is 0 Å². The van der Waals surface area contributed by atoms with E-state index < -0.39 is 15.8 Å². The fourth-order valence-corrected chi connectivity index (χ4v) is 4.99.